The molecule has 0 aliphatic carbocycles. The molecule has 2 aromatic carbocycles. The number of amides is 2. The fraction of sp³-hybridized carbons (Fsp3) is 0.462. The summed E-state index contributed by atoms with van der Waals surface area (Å²) in [5, 5.41) is 3.06. The number of thioether (sulfide) groups is 1. The molecule has 0 aromatic heterocycles. The van der Waals surface area contributed by atoms with Crippen LogP contribution in [0.5, 0.6) is 0 Å². The Hall–Kier alpha value is -2.27. The van der Waals surface area contributed by atoms with E-state index in [1.807, 2.05) is 58.0 Å². The Labute approximate surface area is 191 Å². The molecule has 5 heteroatoms. The van der Waals surface area contributed by atoms with Crippen LogP contribution in [-0.2, 0) is 21.9 Å². The molecular weight excluding hydrogens is 404 g/mol. The quantitative estimate of drug-likeness (QED) is 0.519. The normalized spacial score (nSPS) is 12.8. The summed E-state index contributed by atoms with van der Waals surface area (Å²) in [6.45, 7) is 10.6. The van der Waals surface area contributed by atoms with Crippen LogP contribution in [0.3, 0.4) is 0 Å². The van der Waals surface area contributed by atoms with E-state index >= 15 is 0 Å². The van der Waals surface area contributed by atoms with Crippen LogP contribution < -0.4 is 5.32 Å². The highest BCUT2D eigenvalue weighted by molar-refractivity contribution is 7.99. The molecule has 0 fully saturated rings. The fourth-order valence-corrected chi connectivity index (χ4v) is 4.25. The van der Waals surface area contributed by atoms with Crippen molar-refractivity contribution >= 4 is 23.6 Å². The number of hydrogen-bond donors (Lipinski definition) is 1. The lowest BCUT2D eigenvalue weighted by atomic mass is 10.1. The smallest absolute Gasteiger partial charge is 0.243 e. The lowest BCUT2D eigenvalue weighted by molar-refractivity contribution is -0.139. The number of aryl methyl sites for hydroxylation is 2. The Bertz CT molecular complexity index is 851. The van der Waals surface area contributed by atoms with E-state index in [1.54, 1.807) is 16.7 Å². The molecule has 168 valence electrons. The number of rotatable bonds is 11. The minimum Gasteiger partial charge on any atom is -0.352 e. The van der Waals surface area contributed by atoms with Gasteiger partial charge in [0.05, 0.1) is 5.75 Å². The second-order valence-electron chi connectivity index (χ2n) is 8.23. The molecule has 2 rings (SSSR count). The Balaban J connectivity index is 2.13. The van der Waals surface area contributed by atoms with Gasteiger partial charge in [-0.3, -0.25) is 9.59 Å². The van der Waals surface area contributed by atoms with Gasteiger partial charge in [-0.05, 0) is 44.7 Å². The molecule has 0 unspecified atom stereocenters. The van der Waals surface area contributed by atoms with Crippen LogP contribution in [0, 0.1) is 13.8 Å². The topological polar surface area (TPSA) is 49.4 Å². The monoisotopic (exact) mass is 440 g/mol. The summed E-state index contributed by atoms with van der Waals surface area (Å²) in [7, 11) is 0. The number of benzene rings is 2. The predicted molar refractivity (Wildman–Crippen MR) is 131 cm³/mol. The molecule has 4 nitrogen and oxygen atoms in total. The number of nitrogens with zero attached hydrogens (tertiary/aromatic N) is 1. The molecule has 0 radical (unpaired) electrons. The van der Waals surface area contributed by atoms with Gasteiger partial charge in [-0.1, -0.05) is 73.5 Å². The van der Waals surface area contributed by atoms with Gasteiger partial charge < -0.3 is 10.2 Å². The van der Waals surface area contributed by atoms with Gasteiger partial charge in [-0.15, -0.1) is 11.8 Å². The van der Waals surface area contributed by atoms with Crippen molar-refractivity contribution in [3.8, 4) is 0 Å². The molecular formula is C26H36N2O2S. The molecule has 0 bridgehead atoms. The van der Waals surface area contributed by atoms with E-state index in [4.69, 9.17) is 0 Å². The van der Waals surface area contributed by atoms with Gasteiger partial charge in [0.25, 0.3) is 0 Å². The average Bonchev–Trinajstić information content (AvgIpc) is 2.74. The third kappa shape index (κ3) is 8.06. The number of carbonyl (C=O) groups is 2. The fourth-order valence-electron chi connectivity index (χ4n) is 3.39. The maximum atomic E-state index is 13.3. The van der Waals surface area contributed by atoms with Crippen molar-refractivity contribution in [3.63, 3.8) is 0 Å². The van der Waals surface area contributed by atoms with Crippen LogP contribution in [0.1, 0.15) is 55.9 Å². The van der Waals surface area contributed by atoms with Crippen LogP contribution in [0.25, 0.3) is 0 Å². The second kappa shape index (κ2) is 12.6. The molecule has 2 aromatic rings. The molecule has 0 heterocycles. The first-order chi connectivity index (χ1) is 14.8. The highest BCUT2D eigenvalue weighted by Gasteiger charge is 2.29. The largest absolute Gasteiger partial charge is 0.352 e. The maximum absolute atomic E-state index is 13.3. The molecule has 0 spiro atoms. The summed E-state index contributed by atoms with van der Waals surface area (Å²) >= 11 is 1.60. The second-order valence-corrected chi connectivity index (χ2v) is 9.22. The summed E-state index contributed by atoms with van der Waals surface area (Å²) in [5.41, 5.74) is 4.65. The van der Waals surface area contributed by atoms with Gasteiger partial charge in [0.15, 0.2) is 0 Å². The highest BCUT2D eigenvalue weighted by Crippen LogP contribution is 2.18. The summed E-state index contributed by atoms with van der Waals surface area (Å²) in [4.78, 5) is 28.0. The van der Waals surface area contributed by atoms with E-state index in [2.05, 4.69) is 30.4 Å². The first-order valence-corrected chi connectivity index (χ1v) is 12.3. The van der Waals surface area contributed by atoms with Crippen molar-refractivity contribution in [1.82, 2.24) is 10.2 Å². The van der Waals surface area contributed by atoms with Crippen molar-refractivity contribution in [3.05, 3.63) is 70.8 Å². The molecule has 1 N–H and O–H groups in total. The maximum Gasteiger partial charge on any atom is 0.243 e. The highest BCUT2D eigenvalue weighted by atomic mass is 32.2. The first kappa shape index (κ1) is 25.0. The van der Waals surface area contributed by atoms with Gasteiger partial charge in [-0.25, -0.2) is 0 Å². The van der Waals surface area contributed by atoms with E-state index in [0.29, 0.717) is 18.7 Å². The molecule has 31 heavy (non-hydrogen) atoms. The molecule has 2 atom stereocenters. The van der Waals surface area contributed by atoms with Crippen molar-refractivity contribution in [2.45, 2.75) is 71.8 Å². The van der Waals surface area contributed by atoms with Crippen LogP contribution in [0.2, 0.25) is 0 Å². The Morgan fingerprint density at radius 1 is 0.968 bits per heavy atom. The Morgan fingerprint density at radius 2 is 1.68 bits per heavy atom. The molecule has 0 aliphatic rings. The summed E-state index contributed by atoms with van der Waals surface area (Å²) < 4.78 is 0. The van der Waals surface area contributed by atoms with Gasteiger partial charge in [-0.2, -0.15) is 0 Å². The van der Waals surface area contributed by atoms with E-state index in [0.717, 1.165) is 17.7 Å². The van der Waals surface area contributed by atoms with Crippen LogP contribution >= 0.6 is 11.8 Å². The average molecular weight is 441 g/mol. The third-order valence-corrected chi connectivity index (χ3v) is 6.43. The molecule has 0 saturated carbocycles. The van der Waals surface area contributed by atoms with Crippen molar-refractivity contribution < 1.29 is 9.59 Å². The summed E-state index contributed by atoms with van der Waals surface area (Å²) in [6.07, 6.45) is 1.45. The zero-order valence-electron chi connectivity index (χ0n) is 19.5. The SMILES string of the molecule is CC[C@H](C(=O)N[C@@H](C)CC)N(Cc1ccc(C)cc1)C(=O)CSCc1cccc(C)c1. The van der Waals surface area contributed by atoms with Crippen molar-refractivity contribution in [2.75, 3.05) is 5.75 Å². The van der Waals surface area contributed by atoms with Crippen LogP contribution in [0.4, 0.5) is 0 Å². The van der Waals surface area contributed by atoms with E-state index < -0.39 is 6.04 Å². The zero-order valence-corrected chi connectivity index (χ0v) is 20.3. The van der Waals surface area contributed by atoms with Crippen LogP contribution in [0.15, 0.2) is 48.5 Å². The molecule has 2 amide bonds. The van der Waals surface area contributed by atoms with E-state index in [1.165, 1.54) is 16.7 Å². The number of carbonyl (C=O) groups excluding carboxylic acids is 2. The minimum atomic E-state index is -0.470. The lowest BCUT2D eigenvalue weighted by Gasteiger charge is -2.31. The van der Waals surface area contributed by atoms with Gasteiger partial charge in [0.2, 0.25) is 11.8 Å². The minimum absolute atomic E-state index is 0.00406. The van der Waals surface area contributed by atoms with Gasteiger partial charge >= 0.3 is 0 Å². The standard InChI is InChI=1S/C26H36N2O2S/c1-6-21(5)27-26(30)24(7-2)28(16-22-13-11-19(3)12-14-22)25(29)18-31-17-23-10-8-9-20(4)15-23/h8-15,21,24H,6-7,16-18H2,1-5H3,(H,27,30)/t21-,24+/m0/s1. The number of hydrogen-bond acceptors (Lipinski definition) is 3. The van der Waals surface area contributed by atoms with Crippen molar-refractivity contribution in [2.24, 2.45) is 0 Å². The third-order valence-electron chi connectivity index (χ3n) is 5.44. The number of nitrogens with one attached hydrogen (secondary N) is 1. The zero-order chi connectivity index (χ0) is 22.8. The summed E-state index contributed by atoms with van der Waals surface area (Å²) in [6, 6.07) is 16.1. The van der Waals surface area contributed by atoms with Gasteiger partial charge in [0, 0.05) is 18.3 Å². The molecule has 0 saturated heterocycles. The van der Waals surface area contributed by atoms with Gasteiger partial charge in [0.1, 0.15) is 6.04 Å². The first-order valence-electron chi connectivity index (χ1n) is 11.1. The predicted octanol–water partition coefficient (Wildman–Crippen LogP) is 5.26. The summed E-state index contributed by atoms with van der Waals surface area (Å²) in [5.74, 6) is 1.07. The Morgan fingerprint density at radius 3 is 2.29 bits per heavy atom. The van der Waals surface area contributed by atoms with E-state index in [9.17, 15) is 9.59 Å². The van der Waals surface area contributed by atoms with Crippen molar-refractivity contribution in [1.29, 1.82) is 0 Å². The van der Waals surface area contributed by atoms with E-state index in [-0.39, 0.29) is 17.9 Å². The molecule has 0 aliphatic heterocycles. The Kier molecular flexibility index (Phi) is 10.1. The lowest BCUT2D eigenvalue weighted by Crippen LogP contribution is -2.51. The van der Waals surface area contributed by atoms with Crippen LogP contribution in [-0.4, -0.2) is 34.6 Å².